The summed E-state index contributed by atoms with van der Waals surface area (Å²) in [6.45, 7) is 2.06. The Bertz CT molecular complexity index is 579. The van der Waals surface area contributed by atoms with Crippen LogP contribution in [0.5, 0.6) is 0 Å². The Labute approximate surface area is 111 Å². The van der Waals surface area contributed by atoms with Crippen LogP contribution < -0.4 is 5.73 Å². The lowest BCUT2D eigenvalue weighted by atomic mass is 10.0. The van der Waals surface area contributed by atoms with Crippen molar-refractivity contribution in [3.63, 3.8) is 0 Å². The number of pyridine rings is 1. The number of benzene rings is 1. The summed E-state index contributed by atoms with van der Waals surface area (Å²) in [4.78, 5) is 16.2. The van der Waals surface area contributed by atoms with Crippen molar-refractivity contribution >= 4 is 23.1 Å². The van der Waals surface area contributed by atoms with Crippen LogP contribution in [0.3, 0.4) is 0 Å². The summed E-state index contributed by atoms with van der Waals surface area (Å²) in [6, 6.07) is 10.6. The summed E-state index contributed by atoms with van der Waals surface area (Å²) in [6.07, 6.45) is 0.937. The van der Waals surface area contributed by atoms with Crippen molar-refractivity contribution in [2.45, 2.75) is 13.3 Å². The van der Waals surface area contributed by atoms with E-state index in [1.807, 2.05) is 12.1 Å². The summed E-state index contributed by atoms with van der Waals surface area (Å²) in [5.74, 6) is -0.211. The highest BCUT2D eigenvalue weighted by Gasteiger charge is 2.14. The number of aryl methyl sites for hydroxylation is 1. The van der Waals surface area contributed by atoms with Crippen LogP contribution in [0.1, 0.15) is 28.5 Å². The molecule has 4 heteroatoms. The van der Waals surface area contributed by atoms with Gasteiger partial charge < -0.3 is 5.73 Å². The maximum atomic E-state index is 12.2. The number of nitrogens with zero attached hydrogens (tertiary/aromatic N) is 1. The van der Waals surface area contributed by atoms with Gasteiger partial charge in [0.1, 0.15) is 10.8 Å². The lowest BCUT2D eigenvalue weighted by Gasteiger charge is -2.05. The fourth-order valence-corrected chi connectivity index (χ4v) is 1.80. The first-order chi connectivity index (χ1) is 8.61. The molecule has 0 spiro atoms. The number of carbonyl (C=O) groups is 1. The van der Waals surface area contributed by atoms with Gasteiger partial charge in [-0.2, -0.15) is 0 Å². The molecule has 0 aliphatic rings. The van der Waals surface area contributed by atoms with Gasteiger partial charge in [-0.1, -0.05) is 42.8 Å². The predicted molar refractivity (Wildman–Crippen MR) is 72.9 cm³/mol. The Kier molecular flexibility index (Phi) is 3.63. The second kappa shape index (κ2) is 5.19. The number of ketones is 1. The zero-order valence-corrected chi connectivity index (χ0v) is 10.7. The summed E-state index contributed by atoms with van der Waals surface area (Å²) in [5.41, 5.74) is 8.02. The van der Waals surface area contributed by atoms with E-state index in [9.17, 15) is 4.79 Å². The maximum absolute atomic E-state index is 12.2. The van der Waals surface area contributed by atoms with Gasteiger partial charge in [0.2, 0.25) is 5.78 Å². The van der Waals surface area contributed by atoms with Crippen molar-refractivity contribution in [3.05, 3.63) is 58.4 Å². The number of hydrogen-bond donors (Lipinski definition) is 1. The minimum absolute atomic E-state index is 0.201. The number of hydrogen-bond acceptors (Lipinski definition) is 3. The zero-order valence-electron chi connectivity index (χ0n) is 9.98. The van der Waals surface area contributed by atoms with Crippen LogP contribution in [-0.4, -0.2) is 10.8 Å². The number of halogens is 1. The van der Waals surface area contributed by atoms with Gasteiger partial charge in [0.15, 0.2) is 0 Å². The smallest absolute Gasteiger partial charge is 0.213 e. The highest BCUT2D eigenvalue weighted by molar-refractivity contribution is 6.29. The number of nitrogens with two attached hydrogens (primary N) is 1. The van der Waals surface area contributed by atoms with E-state index in [2.05, 4.69) is 11.9 Å². The van der Waals surface area contributed by atoms with Crippen LogP contribution in [0.25, 0.3) is 0 Å². The number of nitrogen functional groups attached to an aromatic ring is 1. The summed E-state index contributed by atoms with van der Waals surface area (Å²) < 4.78 is 0. The number of anilines is 1. The third kappa shape index (κ3) is 2.51. The second-order valence-electron chi connectivity index (χ2n) is 3.95. The Morgan fingerprint density at radius 2 is 1.89 bits per heavy atom. The minimum atomic E-state index is -0.211. The lowest BCUT2D eigenvalue weighted by Crippen LogP contribution is -2.08. The summed E-state index contributed by atoms with van der Waals surface area (Å²) in [7, 11) is 0. The largest absolute Gasteiger partial charge is 0.397 e. The van der Waals surface area contributed by atoms with Gasteiger partial charge in [-0.05, 0) is 24.1 Å². The molecule has 0 saturated heterocycles. The lowest BCUT2D eigenvalue weighted by molar-refractivity contribution is 0.103. The molecule has 2 N–H and O–H groups in total. The van der Waals surface area contributed by atoms with Crippen molar-refractivity contribution in [3.8, 4) is 0 Å². The topological polar surface area (TPSA) is 56.0 Å². The molecule has 0 unspecified atom stereocenters. The number of rotatable bonds is 3. The Balaban J connectivity index is 2.38. The van der Waals surface area contributed by atoms with E-state index < -0.39 is 0 Å². The molecule has 0 aliphatic carbocycles. The Morgan fingerprint density at radius 3 is 2.50 bits per heavy atom. The molecular weight excluding hydrogens is 248 g/mol. The molecule has 3 nitrogen and oxygen atoms in total. The maximum Gasteiger partial charge on any atom is 0.213 e. The van der Waals surface area contributed by atoms with Crippen LogP contribution in [0.15, 0.2) is 36.4 Å². The predicted octanol–water partition coefficient (Wildman–Crippen LogP) is 3.11. The van der Waals surface area contributed by atoms with E-state index in [-0.39, 0.29) is 16.6 Å². The quantitative estimate of drug-likeness (QED) is 0.681. The van der Waals surface area contributed by atoms with Gasteiger partial charge in [-0.25, -0.2) is 4.98 Å². The molecule has 1 aromatic heterocycles. The fourth-order valence-electron chi connectivity index (χ4n) is 1.66. The highest BCUT2D eigenvalue weighted by atomic mass is 35.5. The minimum Gasteiger partial charge on any atom is -0.397 e. The van der Waals surface area contributed by atoms with Crippen molar-refractivity contribution in [2.75, 3.05) is 5.73 Å². The first kappa shape index (κ1) is 12.6. The second-order valence-corrected chi connectivity index (χ2v) is 4.34. The molecule has 0 saturated carbocycles. The normalized spacial score (nSPS) is 10.3. The molecular formula is C14H13ClN2O. The molecule has 1 aromatic carbocycles. The fraction of sp³-hybridized carbons (Fsp3) is 0.143. The molecule has 2 aromatic rings. The van der Waals surface area contributed by atoms with Crippen LogP contribution >= 0.6 is 11.6 Å². The zero-order chi connectivity index (χ0) is 13.1. The molecule has 1 heterocycles. The van der Waals surface area contributed by atoms with Crippen LogP contribution in [0.4, 0.5) is 5.69 Å². The van der Waals surface area contributed by atoms with E-state index in [0.29, 0.717) is 11.3 Å². The standard InChI is InChI=1S/C14H13ClN2O/c1-2-9-3-5-10(6-4-9)14(18)13-11(16)7-8-12(15)17-13/h3-8H,2,16H2,1H3. The Hall–Kier alpha value is -1.87. The molecule has 0 aliphatic heterocycles. The van der Waals surface area contributed by atoms with Gasteiger partial charge >= 0.3 is 0 Å². The summed E-state index contributed by atoms with van der Waals surface area (Å²) in [5, 5.41) is 0.262. The third-order valence-electron chi connectivity index (χ3n) is 2.73. The van der Waals surface area contributed by atoms with E-state index in [1.165, 1.54) is 5.56 Å². The van der Waals surface area contributed by atoms with Crippen molar-refractivity contribution in [1.82, 2.24) is 4.98 Å². The van der Waals surface area contributed by atoms with Crippen molar-refractivity contribution in [1.29, 1.82) is 0 Å². The molecule has 0 bridgehead atoms. The van der Waals surface area contributed by atoms with Gasteiger partial charge in [-0.15, -0.1) is 0 Å². The third-order valence-corrected chi connectivity index (χ3v) is 2.94. The monoisotopic (exact) mass is 260 g/mol. The average molecular weight is 261 g/mol. The summed E-state index contributed by atoms with van der Waals surface area (Å²) >= 11 is 5.78. The molecule has 0 fully saturated rings. The first-order valence-corrected chi connectivity index (χ1v) is 6.05. The Morgan fingerprint density at radius 1 is 1.22 bits per heavy atom. The molecule has 0 amide bonds. The molecule has 92 valence electrons. The van der Waals surface area contributed by atoms with Gasteiger partial charge in [0.05, 0.1) is 5.69 Å². The van der Waals surface area contributed by atoms with Crippen LogP contribution in [-0.2, 0) is 6.42 Å². The molecule has 18 heavy (non-hydrogen) atoms. The van der Waals surface area contributed by atoms with Crippen LogP contribution in [0, 0.1) is 0 Å². The van der Waals surface area contributed by atoms with Crippen LogP contribution in [0.2, 0.25) is 5.15 Å². The van der Waals surface area contributed by atoms with Crippen molar-refractivity contribution < 1.29 is 4.79 Å². The van der Waals surface area contributed by atoms with Gasteiger partial charge in [0, 0.05) is 5.56 Å². The SMILES string of the molecule is CCc1ccc(C(=O)c2nc(Cl)ccc2N)cc1. The van der Waals surface area contributed by atoms with E-state index in [4.69, 9.17) is 17.3 Å². The van der Waals surface area contributed by atoms with E-state index in [0.717, 1.165) is 6.42 Å². The van der Waals surface area contributed by atoms with Crippen molar-refractivity contribution in [2.24, 2.45) is 0 Å². The van der Waals surface area contributed by atoms with E-state index >= 15 is 0 Å². The van der Waals surface area contributed by atoms with E-state index in [1.54, 1.807) is 24.3 Å². The van der Waals surface area contributed by atoms with Gasteiger partial charge in [0.25, 0.3) is 0 Å². The molecule has 0 radical (unpaired) electrons. The highest BCUT2D eigenvalue weighted by Crippen LogP contribution is 2.18. The average Bonchev–Trinajstić information content (AvgIpc) is 2.41. The number of aromatic nitrogens is 1. The number of carbonyl (C=O) groups excluding carboxylic acids is 1. The van der Waals surface area contributed by atoms with Gasteiger partial charge in [-0.3, -0.25) is 4.79 Å². The molecule has 0 atom stereocenters. The first-order valence-electron chi connectivity index (χ1n) is 5.67. The molecule has 2 rings (SSSR count).